The molecule has 20 heavy (non-hydrogen) atoms. The van der Waals surface area contributed by atoms with Gasteiger partial charge >= 0.3 is 0 Å². The first-order valence-corrected chi connectivity index (χ1v) is 7.18. The van der Waals surface area contributed by atoms with Crippen LogP contribution >= 0.6 is 0 Å². The molecule has 2 rings (SSSR count). The highest BCUT2D eigenvalue weighted by atomic mass is 16.3. The van der Waals surface area contributed by atoms with Crippen molar-refractivity contribution in [1.82, 2.24) is 5.43 Å². The molecule has 0 saturated carbocycles. The first-order chi connectivity index (χ1) is 9.70. The zero-order chi connectivity index (χ0) is 14.4. The number of nitrogens with zero attached hydrogens (tertiary/aromatic N) is 1. The van der Waals surface area contributed by atoms with Crippen LogP contribution in [-0.2, 0) is 0 Å². The van der Waals surface area contributed by atoms with E-state index < -0.39 is 0 Å². The second kappa shape index (κ2) is 7.05. The fourth-order valence-corrected chi connectivity index (χ4v) is 2.46. The van der Waals surface area contributed by atoms with Gasteiger partial charge in [0.25, 0.3) is 5.91 Å². The average molecular weight is 276 g/mol. The normalized spacial score (nSPS) is 18.6. The summed E-state index contributed by atoms with van der Waals surface area (Å²) in [5.74, 6) is -0.383. The molecule has 0 aliphatic carbocycles. The second-order valence-electron chi connectivity index (χ2n) is 5.14. The smallest absolute Gasteiger partial charge is 0.275 e. The molecule has 108 valence electrons. The summed E-state index contributed by atoms with van der Waals surface area (Å²) < 4.78 is 0. The van der Waals surface area contributed by atoms with E-state index in [-0.39, 0.29) is 17.2 Å². The maximum Gasteiger partial charge on any atom is 0.275 e. The summed E-state index contributed by atoms with van der Waals surface area (Å²) in [7, 11) is 0. The highest BCUT2D eigenvalue weighted by Gasteiger charge is 2.18. The van der Waals surface area contributed by atoms with Crippen molar-refractivity contribution in [2.75, 3.05) is 19.6 Å². The summed E-state index contributed by atoms with van der Waals surface area (Å²) in [4.78, 5) is 13.5. The van der Waals surface area contributed by atoms with E-state index in [9.17, 15) is 9.90 Å². The minimum atomic E-state index is -0.362. The number of aromatic hydroxyl groups is 1. The number of amides is 1. The fraction of sp³-hybridized carbons (Fsp3) is 0.467. The van der Waals surface area contributed by atoms with Gasteiger partial charge in [-0.25, -0.2) is 5.43 Å². The van der Waals surface area contributed by atoms with E-state index in [0.717, 1.165) is 31.6 Å². The zero-order valence-electron chi connectivity index (χ0n) is 11.9. The van der Waals surface area contributed by atoms with Gasteiger partial charge in [-0.3, -0.25) is 4.79 Å². The Morgan fingerprint density at radius 3 is 2.70 bits per heavy atom. The van der Waals surface area contributed by atoms with Crippen molar-refractivity contribution in [3.8, 4) is 5.75 Å². The quantitative estimate of drug-likeness (QED) is 0.704. The lowest BCUT2D eigenvalue weighted by Gasteiger charge is -2.24. The minimum absolute atomic E-state index is 0.0209. The Morgan fingerprint density at radius 2 is 2.05 bits per heavy atom. The average Bonchev–Trinajstić information content (AvgIpc) is 2.47. The topological polar surface area (TPSA) is 66.1 Å². The van der Waals surface area contributed by atoms with E-state index in [4.69, 9.17) is 0 Å². The Bertz CT molecular complexity index is 490. The van der Waals surface area contributed by atoms with Gasteiger partial charge in [-0.15, -0.1) is 0 Å². The van der Waals surface area contributed by atoms with Crippen LogP contribution in [0.4, 0.5) is 0 Å². The number of phenolic OH excluding ortho intramolecular Hbond substituents is 1. The van der Waals surface area contributed by atoms with Crippen LogP contribution in [-0.4, -0.2) is 36.4 Å². The van der Waals surface area contributed by atoms with E-state index in [1.165, 1.54) is 19.0 Å². The summed E-state index contributed by atoms with van der Waals surface area (Å²) in [5.41, 5.74) is 3.83. The monoisotopic (exact) mass is 276 g/mol. The van der Waals surface area contributed by atoms with Crippen LogP contribution in [0.5, 0.6) is 5.75 Å². The predicted octanol–water partition coefficient (Wildman–Crippen LogP) is 0.567. The number of rotatable bonds is 4. The summed E-state index contributed by atoms with van der Waals surface area (Å²) in [6.07, 6.45) is 3.05. The van der Waals surface area contributed by atoms with Gasteiger partial charge in [-0.2, -0.15) is 5.10 Å². The number of nitrogens with one attached hydrogen (secondary N) is 2. The number of carbonyl (C=O) groups excluding carboxylic acids is 1. The molecule has 1 saturated heterocycles. The predicted molar refractivity (Wildman–Crippen MR) is 78.1 cm³/mol. The molecule has 0 radical (unpaired) electrons. The van der Waals surface area contributed by atoms with Gasteiger partial charge in [0.05, 0.1) is 25.2 Å². The summed E-state index contributed by atoms with van der Waals surface area (Å²) in [6.45, 7) is 5.57. The highest BCUT2D eigenvalue weighted by Crippen LogP contribution is 2.14. The number of hydrazone groups is 1. The van der Waals surface area contributed by atoms with Crippen LogP contribution in [0.3, 0.4) is 0 Å². The molecule has 0 unspecified atom stereocenters. The Kier molecular flexibility index (Phi) is 5.12. The third kappa shape index (κ3) is 3.81. The number of para-hydroxylation sites is 1. The molecule has 5 nitrogen and oxygen atoms in total. The largest absolute Gasteiger partial charge is 0.507 e. The number of carbonyl (C=O) groups is 1. The molecule has 1 aliphatic heterocycles. The van der Waals surface area contributed by atoms with Gasteiger partial charge in [0.2, 0.25) is 0 Å². The van der Waals surface area contributed by atoms with Crippen LogP contribution in [0.25, 0.3) is 0 Å². The van der Waals surface area contributed by atoms with Gasteiger partial charge in [0, 0.05) is 18.6 Å². The summed E-state index contributed by atoms with van der Waals surface area (Å²) >= 11 is 0. The van der Waals surface area contributed by atoms with Crippen molar-refractivity contribution in [1.29, 1.82) is 0 Å². The number of hydrogen-bond donors (Lipinski definition) is 3. The Hall–Kier alpha value is -1.88. The lowest BCUT2D eigenvalue weighted by atomic mass is 10.1. The maximum absolute atomic E-state index is 11.9. The van der Waals surface area contributed by atoms with Gasteiger partial charge < -0.3 is 10.0 Å². The minimum Gasteiger partial charge on any atom is -0.507 e. The second-order valence-corrected chi connectivity index (χ2v) is 5.14. The molecule has 0 bridgehead atoms. The molecular weight excluding hydrogens is 254 g/mol. The molecule has 1 aromatic carbocycles. The van der Waals surface area contributed by atoms with Crippen molar-refractivity contribution in [2.24, 2.45) is 5.10 Å². The van der Waals surface area contributed by atoms with Crippen molar-refractivity contribution in [3.05, 3.63) is 29.8 Å². The van der Waals surface area contributed by atoms with Crippen molar-refractivity contribution >= 4 is 11.6 Å². The van der Waals surface area contributed by atoms with Crippen LogP contribution in [0.1, 0.15) is 36.5 Å². The first-order valence-electron chi connectivity index (χ1n) is 7.18. The maximum atomic E-state index is 11.9. The number of benzene rings is 1. The van der Waals surface area contributed by atoms with Crippen LogP contribution in [0, 0.1) is 0 Å². The zero-order valence-corrected chi connectivity index (χ0v) is 11.9. The van der Waals surface area contributed by atoms with Gasteiger partial charge in [0.15, 0.2) is 0 Å². The van der Waals surface area contributed by atoms with E-state index >= 15 is 0 Å². The third-order valence-corrected chi connectivity index (χ3v) is 3.60. The van der Waals surface area contributed by atoms with E-state index in [1.807, 2.05) is 0 Å². The standard InChI is InChI=1S/C15H21N3O2/c1-2-9-18-10-7-12(8-11-18)16-17-15(20)13-5-3-4-6-14(13)19/h3-6,19H,2,7-11H2,1H3,(H,17,20)/p+1. The van der Waals surface area contributed by atoms with Crippen LogP contribution in [0.2, 0.25) is 0 Å². The van der Waals surface area contributed by atoms with Gasteiger partial charge in [-0.1, -0.05) is 19.1 Å². The molecule has 1 aliphatic rings. The van der Waals surface area contributed by atoms with E-state index in [2.05, 4.69) is 17.5 Å². The van der Waals surface area contributed by atoms with Crippen LogP contribution in [0.15, 0.2) is 29.4 Å². The Morgan fingerprint density at radius 1 is 1.35 bits per heavy atom. The lowest BCUT2D eigenvalue weighted by Crippen LogP contribution is -3.13. The molecule has 1 aromatic rings. The number of piperidine rings is 1. The molecule has 0 spiro atoms. The van der Waals surface area contributed by atoms with Gasteiger partial charge in [-0.05, 0) is 18.6 Å². The van der Waals surface area contributed by atoms with E-state index in [0.29, 0.717) is 0 Å². The summed E-state index contributed by atoms with van der Waals surface area (Å²) in [6, 6.07) is 6.48. The molecular formula is C15H22N3O2+. The molecule has 5 heteroatoms. The number of phenols is 1. The molecule has 0 atom stereocenters. The fourth-order valence-electron chi connectivity index (χ4n) is 2.46. The number of likely N-dealkylation sites (tertiary alicyclic amines) is 1. The number of quaternary nitrogens is 1. The Balaban J connectivity index is 1.88. The van der Waals surface area contributed by atoms with Crippen molar-refractivity contribution < 1.29 is 14.8 Å². The molecule has 3 N–H and O–H groups in total. The summed E-state index contributed by atoms with van der Waals surface area (Å²) in [5, 5.41) is 13.8. The van der Waals surface area contributed by atoms with Gasteiger partial charge in [0.1, 0.15) is 5.75 Å². The molecule has 0 aromatic heterocycles. The molecule has 1 fully saturated rings. The Labute approximate surface area is 119 Å². The van der Waals surface area contributed by atoms with Crippen molar-refractivity contribution in [3.63, 3.8) is 0 Å². The SMILES string of the molecule is CCC[NH+]1CCC(=NNC(=O)c2ccccc2O)CC1. The van der Waals surface area contributed by atoms with Crippen molar-refractivity contribution in [2.45, 2.75) is 26.2 Å². The molecule has 1 heterocycles. The lowest BCUT2D eigenvalue weighted by molar-refractivity contribution is -0.901. The highest BCUT2D eigenvalue weighted by molar-refractivity contribution is 5.97. The third-order valence-electron chi connectivity index (χ3n) is 3.60. The van der Waals surface area contributed by atoms with E-state index in [1.54, 1.807) is 23.1 Å². The van der Waals surface area contributed by atoms with Crippen LogP contribution < -0.4 is 10.3 Å². The first kappa shape index (κ1) is 14.5. The molecule has 1 amide bonds. The number of hydrogen-bond acceptors (Lipinski definition) is 3.